The van der Waals surface area contributed by atoms with Gasteiger partial charge in [-0.05, 0) is 27.1 Å². The predicted molar refractivity (Wildman–Crippen MR) is 94.0 cm³/mol. The molecule has 0 atom stereocenters. The summed E-state index contributed by atoms with van der Waals surface area (Å²) in [5.74, 6) is 1.36. The molecule has 0 saturated heterocycles. The highest BCUT2D eigenvalue weighted by Gasteiger charge is 2.18. The van der Waals surface area contributed by atoms with Crippen molar-refractivity contribution in [2.45, 2.75) is 26.8 Å². The Labute approximate surface area is 140 Å². The maximum atomic E-state index is 13.1. The van der Waals surface area contributed by atoms with Crippen LogP contribution in [0.4, 0.5) is 0 Å². The number of hydrogen-bond donors (Lipinski definition) is 0. The van der Waals surface area contributed by atoms with Crippen LogP contribution in [0.3, 0.4) is 0 Å². The second-order valence-corrected chi connectivity index (χ2v) is 6.11. The Kier molecular flexibility index (Phi) is 4.28. The number of fused-ring (bicyclic) bond motifs is 3. The molecule has 3 aromatic rings. The lowest BCUT2D eigenvalue weighted by atomic mass is 10.3. The second-order valence-electron chi connectivity index (χ2n) is 6.11. The summed E-state index contributed by atoms with van der Waals surface area (Å²) in [7, 11) is 5.58. The van der Waals surface area contributed by atoms with E-state index in [-0.39, 0.29) is 5.56 Å². The molecule has 3 aromatic heterocycles. The summed E-state index contributed by atoms with van der Waals surface area (Å²) in [4.78, 5) is 24.3. The third-order valence-corrected chi connectivity index (χ3v) is 4.20. The minimum atomic E-state index is -0.0268. The molecule has 24 heavy (non-hydrogen) atoms. The van der Waals surface area contributed by atoms with E-state index in [0.717, 1.165) is 30.0 Å². The third-order valence-electron chi connectivity index (χ3n) is 4.20. The molecular formula is C17H23N5O2. The monoisotopic (exact) mass is 329 g/mol. The van der Waals surface area contributed by atoms with Crippen molar-refractivity contribution in [2.75, 3.05) is 27.7 Å². The van der Waals surface area contributed by atoms with Gasteiger partial charge in [-0.2, -0.15) is 4.98 Å². The number of rotatable bonds is 5. The number of aromatic nitrogens is 4. The van der Waals surface area contributed by atoms with Gasteiger partial charge in [-0.1, -0.05) is 6.92 Å². The van der Waals surface area contributed by atoms with Crippen LogP contribution in [-0.4, -0.2) is 51.6 Å². The van der Waals surface area contributed by atoms with Crippen LogP contribution < -0.4 is 10.3 Å². The molecule has 0 aliphatic carbocycles. The number of methoxy groups -OCH3 is 1. The summed E-state index contributed by atoms with van der Waals surface area (Å²) in [5.41, 5.74) is 2.81. The van der Waals surface area contributed by atoms with Crippen LogP contribution in [0, 0.1) is 6.92 Å². The van der Waals surface area contributed by atoms with Crippen molar-refractivity contribution in [1.82, 2.24) is 23.8 Å². The van der Waals surface area contributed by atoms with E-state index in [1.54, 1.807) is 17.7 Å². The van der Waals surface area contributed by atoms with E-state index in [1.165, 1.54) is 0 Å². The highest BCUT2D eigenvalue weighted by molar-refractivity contribution is 5.77. The van der Waals surface area contributed by atoms with Gasteiger partial charge in [0.05, 0.1) is 18.3 Å². The van der Waals surface area contributed by atoms with E-state index in [2.05, 4.69) is 14.9 Å². The van der Waals surface area contributed by atoms with Crippen LogP contribution in [0.2, 0.25) is 0 Å². The molecule has 3 heterocycles. The molecule has 7 heteroatoms. The molecular weight excluding hydrogens is 306 g/mol. The quantitative estimate of drug-likeness (QED) is 0.709. The van der Waals surface area contributed by atoms with Gasteiger partial charge in [0.25, 0.3) is 5.56 Å². The first-order valence-electron chi connectivity index (χ1n) is 8.08. The average molecular weight is 329 g/mol. The van der Waals surface area contributed by atoms with Gasteiger partial charge in [0.2, 0.25) is 5.88 Å². The SMILES string of the molecule is CCc1nc(C)c2c(=O)n(CCN(C)C)c3ccc(OC)nc3n12. The van der Waals surface area contributed by atoms with Gasteiger partial charge in [-0.3, -0.25) is 9.20 Å². The molecule has 0 N–H and O–H groups in total. The number of pyridine rings is 1. The highest BCUT2D eigenvalue weighted by Crippen LogP contribution is 2.20. The zero-order valence-corrected chi connectivity index (χ0v) is 14.8. The summed E-state index contributed by atoms with van der Waals surface area (Å²) in [6.07, 6.45) is 0.726. The van der Waals surface area contributed by atoms with E-state index >= 15 is 0 Å². The molecule has 128 valence electrons. The fourth-order valence-corrected chi connectivity index (χ4v) is 2.97. The minimum Gasteiger partial charge on any atom is -0.481 e. The molecule has 3 rings (SSSR count). The van der Waals surface area contributed by atoms with Crippen LogP contribution in [-0.2, 0) is 13.0 Å². The Morgan fingerprint density at radius 2 is 2.00 bits per heavy atom. The molecule has 0 saturated carbocycles. The molecule has 7 nitrogen and oxygen atoms in total. The summed E-state index contributed by atoms with van der Waals surface area (Å²) < 4.78 is 8.94. The first-order valence-corrected chi connectivity index (χ1v) is 8.08. The van der Waals surface area contributed by atoms with Gasteiger partial charge in [-0.15, -0.1) is 0 Å². The Morgan fingerprint density at radius 3 is 2.62 bits per heavy atom. The molecule has 0 spiro atoms. The van der Waals surface area contributed by atoms with Crippen molar-refractivity contribution in [1.29, 1.82) is 0 Å². The maximum absolute atomic E-state index is 13.1. The van der Waals surface area contributed by atoms with Crippen molar-refractivity contribution in [2.24, 2.45) is 0 Å². The lowest BCUT2D eigenvalue weighted by Crippen LogP contribution is -2.28. The van der Waals surface area contributed by atoms with Crippen LogP contribution in [0.25, 0.3) is 16.7 Å². The molecule has 0 fully saturated rings. The van der Waals surface area contributed by atoms with Gasteiger partial charge in [0.1, 0.15) is 11.3 Å². The zero-order valence-electron chi connectivity index (χ0n) is 14.8. The average Bonchev–Trinajstić information content (AvgIpc) is 2.91. The molecule has 0 amide bonds. The highest BCUT2D eigenvalue weighted by atomic mass is 16.5. The normalized spacial score (nSPS) is 11.8. The van der Waals surface area contributed by atoms with Gasteiger partial charge < -0.3 is 14.2 Å². The van der Waals surface area contributed by atoms with E-state index in [0.29, 0.717) is 23.6 Å². The smallest absolute Gasteiger partial charge is 0.277 e. The van der Waals surface area contributed by atoms with Gasteiger partial charge in [0.15, 0.2) is 5.65 Å². The van der Waals surface area contributed by atoms with Crippen LogP contribution in [0.5, 0.6) is 5.88 Å². The topological polar surface area (TPSA) is 64.7 Å². The molecule has 0 unspecified atom stereocenters. The van der Waals surface area contributed by atoms with Crippen molar-refractivity contribution in [3.8, 4) is 5.88 Å². The van der Waals surface area contributed by atoms with E-state index < -0.39 is 0 Å². The Morgan fingerprint density at radius 1 is 1.25 bits per heavy atom. The zero-order chi connectivity index (χ0) is 17.4. The fraction of sp³-hybridized carbons (Fsp3) is 0.471. The van der Waals surface area contributed by atoms with Crippen molar-refractivity contribution < 1.29 is 4.74 Å². The number of nitrogens with zero attached hydrogens (tertiary/aromatic N) is 5. The van der Waals surface area contributed by atoms with E-state index in [4.69, 9.17) is 4.74 Å². The Hall–Kier alpha value is -2.41. The van der Waals surface area contributed by atoms with Crippen molar-refractivity contribution in [3.05, 3.63) is 34.0 Å². The summed E-state index contributed by atoms with van der Waals surface area (Å²) in [5, 5.41) is 0. The first-order chi connectivity index (χ1) is 11.5. The molecule has 0 aromatic carbocycles. The standard InChI is InChI=1S/C17H23N5O2/c1-6-13-18-11(2)15-17(23)21(10-9-20(3)4)12-7-8-14(24-5)19-16(12)22(13)15/h7-8H,6,9-10H2,1-5H3. The molecule has 0 radical (unpaired) electrons. The van der Waals surface area contributed by atoms with E-state index in [1.807, 2.05) is 38.4 Å². The number of imidazole rings is 1. The summed E-state index contributed by atoms with van der Waals surface area (Å²) in [6.45, 7) is 5.26. The second kappa shape index (κ2) is 6.24. The van der Waals surface area contributed by atoms with E-state index in [9.17, 15) is 4.79 Å². The third kappa shape index (κ3) is 2.54. The van der Waals surface area contributed by atoms with Crippen LogP contribution in [0.15, 0.2) is 16.9 Å². The number of hydrogen-bond acceptors (Lipinski definition) is 5. The summed E-state index contributed by atoms with van der Waals surface area (Å²) >= 11 is 0. The van der Waals surface area contributed by atoms with Crippen LogP contribution in [0.1, 0.15) is 18.4 Å². The number of aryl methyl sites for hydroxylation is 2. The summed E-state index contributed by atoms with van der Waals surface area (Å²) in [6, 6.07) is 3.68. The Bertz CT molecular complexity index is 955. The van der Waals surface area contributed by atoms with Crippen molar-refractivity contribution in [3.63, 3.8) is 0 Å². The minimum absolute atomic E-state index is 0.0268. The lowest BCUT2D eigenvalue weighted by Gasteiger charge is -2.15. The van der Waals surface area contributed by atoms with Crippen LogP contribution >= 0.6 is 0 Å². The largest absolute Gasteiger partial charge is 0.481 e. The molecule has 0 aliphatic rings. The van der Waals surface area contributed by atoms with Gasteiger partial charge >= 0.3 is 0 Å². The number of ether oxygens (including phenoxy) is 1. The molecule has 0 bridgehead atoms. The number of likely N-dealkylation sites (N-methyl/N-ethyl adjacent to an activating group) is 1. The predicted octanol–water partition coefficient (Wildman–Crippen LogP) is 1.49. The fourth-order valence-electron chi connectivity index (χ4n) is 2.97. The molecule has 0 aliphatic heterocycles. The first kappa shape index (κ1) is 16.4. The van der Waals surface area contributed by atoms with Gasteiger partial charge in [0, 0.05) is 25.6 Å². The maximum Gasteiger partial charge on any atom is 0.277 e. The Balaban J connectivity index is 2.43. The van der Waals surface area contributed by atoms with Gasteiger partial charge in [-0.25, -0.2) is 4.98 Å². The van der Waals surface area contributed by atoms with Crippen molar-refractivity contribution >= 4 is 16.7 Å². The lowest BCUT2D eigenvalue weighted by molar-refractivity contribution is 0.383.